The van der Waals surface area contributed by atoms with Crippen LogP contribution in [0.3, 0.4) is 0 Å². The van der Waals surface area contributed by atoms with E-state index in [1.165, 1.54) is 11.8 Å². The standard InChI is InChI=1S/C40H43N5O6/c1-27(43-34(46)25-28-14-13-19-31(24-28)37(48)29-15-5-2-6-16-29)39(49)44-36-38(30-17-7-3-8-18-30)51-33-21-10-9-20-32(33)45(40(36)50)26-35(47)42-23-12-4-11-22-41/h2-3,5-10,13-21,24,27,36,38H,4,11-12,22-23,25-26,41H2,1H3,(H,42,47)(H,43,46)(H,44,49)/t27?,36-,38+/m0/s1. The number of nitrogens with two attached hydrogens (primary N) is 1. The minimum atomic E-state index is -1.25. The summed E-state index contributed by atoms with van der Waals surface area (Å²) in [7, 11) is 0. The third kappa shape index (κ3) is 9.67. The zero-order valence-electron chi connectivity index (χ0n) is 28.5. The number of fused-ring (bicyclic) bond motifs is 1. The highest BCUT2D eigenvalue weighted by molar-refractivity contribution is 6.09. The Morgan fingerprint density at radius 3 is 2.24 bits per heavy atom. The van der Waals surface area contributed by atoms with Gasteiger partial charge in [-0.2, -0.15) is 0 Å². The molecule has 0 bridgehead atoms. The van der Waals surface area contributed by atoms with Gasteiger partial charge in [0.2, 0.25) is 17.7 Å². The first-order chi connectivity index (χ1) is 24.7. The van der Waals surface area contributed by atoms with Crippen molar-refractivity contribution in [3.05, 3.63) is 131 Å². The molecule has 11 heteroatoms. The van der Waals surface area contributed by atoms with Gasteiger partial charge in [-0.15, -0.1) is 0 Å². The number of hydrogen-bond acceptors (Lipinski definition) is 7. The van der Waals surface area contributed by atoms with E-state index in [-0.39, 0.29) is 24.7 Å². The molecule has 0 aromatic heterocycles. The Kier molecular flexibility index (Phi) is 12.7. The second kappa shape index (κ2) is 17.7. The summed E-state index contributed by atoms with van der Waals surface area (Å²) in [6.45, 7) is 2.25. The SMILES string of the molecule is CC(NC(=O)Cc1cccc(C(=O)c2ccccc2)c1)C(=O)N[C@@H]1C(=O)N(CC(=O)NCCCCCN)c2ccccc2O[C@@H]1c1ccccc1. The molecule has 5 rings (SSSR count). The summed E-state index contributed by atoms with van der Waals surface area (Å²) in [4.78, 5) is 68.5. The smallest absolute Gasteiger partial charge is 0.254 e. The highest BCUT2D eigenvalue weighted by Crippen LogP contribution is 2.37. The highest BCUT2D eigenvalue weighted by Gasteiger charge is 2.41. The first-order valence-corrected chi connectivity index (χ1v) is 17.1. The number of carbonyl (C=O) groups is 5. The lowest BCUT2D eigenvalue weighted by atomic mass is 10.00. The first-order valence-electron chi connectivity index (χ1n) is 17.1. The fourth-order valence-corrected chi connectivity index (χ4v) is 5.88. The lowest BCUT2D eigenvalue weighted by molar-refractivity contribution is -0.132. The normalized spacial score (nSPS) is 15.8. The Labute approximate surface area is 297 Å². The Hall–Kier alpha value is -5.81. The van der Waals surface area contributed by atoms with Crippen molar-refractivity contribution in [3.8, 4) is 5.75 Å². The summed E-state index contributed by atoms with van der Waals surface area (Å²) >= 11 is 0. The van der Waals surface area contributed by atoms with E-state index in [0.717, 1.165) is 19.3 Å². The largest absolute Gasteiger partial charge is 0.481 e. The van der Waals surface area contributed by atoms with Crippen LogP contribution in [0.4, 0.5) is 5.69 Å². The molecule has 51 heavy (non-hydrogen) atoms. The Morgan fingerprint density at radius 1 is 0.804 bits per heavy atom. The molecule has 1 heterocycles. The Bertz CT molecular complexity index is 1830. The van der Waals surface area contributed by atoms with Gasteiger partial charge in [-0.05, 0) is 55.6 Å². The molecule has 0 fully saturated rings. The number of unbranched alkanes of at least 4 members (excludes halogenated alkanes) is 2. The summed E-state index contributed by atoms with van der Waals surface area (Å²) in [6.07, 6.45) is 1.47. The van der Waals surface area contributed by atoms with Gasteiger partial charge in [-0.25, -0.2) is 0 Å². The molecule has 1 aliphatic rings. The van der Waals surface area contributed by atoms with Gasteiger partial charge in [-0.3, -0.25) is 28.9 Å². The maximum atomic E-state index is 14.4. The van der Waals surface area contributed by atoms with Crippen LogP contribution in [0, 0.1) is 0 Å². The molecule has 0 saturated heterocycles. The van der Waals surface area contributed by atoms with Crippen LogP contribution in [0.5, 0.6) is 5.75 Å². The Morgan fingerprint density at radius 2 is 1.49 bits per heavy atom. The van der Waals surface area contributed by atoms with Crippen molar-refractivity contribution in [2.24, 2.45) is 5.73 Å². The third-order valence-electron chi connectivity index (χ3n) is 8.54. The van der Waals surface area contributed by atoms with Crippen molar-refractivity contribution in [3.63, 3.8) is 0 Å². The molecule has 0 aliphatic carbocycles. The molecule has 1 unspecified atom stereocenters. The van der Waals surface area contributed by atoms with Gasteiger partial charge < -0.3 is 26.4 Å². The van der Waals surface area contributed by atoms with Crippen LogP contribution in [-0.4, -0.2) is 61.1 Å². The molecule has 4 amide bonds. The number of carbonyl (C=O) groups excluding carboxylic acids is 5. The molecule has 1 aliphatic heterocycles. The Balaban J connectivity index is 1.31. The maximum absolute atomic E-state index is 14.4. The van der Waals surface area contributed by atoms with E-state index in [1.807, 2.05) is 12.1 Å². The van der Waals surface area contributed by atoms with Crippen LogP contribution in [0.2, 0.25) is 0 Å². The van der Waals surface area contributed by atoms with Gasteiger partial charge in [0.1, 0.15) is 24.4 Å². The highest BCUT2D eigenvalue weighted by atomic mass is 16.5. The zero-order chi connectivity index (χ0) is 36.2. The maximum Gasteiger partial charge on any atom is 0.254 e. The predicted octanol–water partition coefficient (Wildman–Crippen LogP) is 3.86. The molecule has 4 aromatic carbocycles. The van der Waals surface area contributed by atoms with Crippen molar-refractivity contribution in [2.45, 2.75) is 50.8 Å². The molecule has 5 N–H and O–H groups in total. The third-order valence-corrected chi connectivity index (χ3v) is 8.54. The van der Waals surface area contributed by atoms with E-state index in [2.05, 4.69) is 16.0 Å². The number of nitrogens with one attached hydrogen (secondary N) is 3. The van der Waals surface area contributed by atoms with Gasteiger partial charge in [-0.1, -0.05) is 97.4 Å². The number of hydrogen-bond donors (Lipinski definition) is 4. The summed E-state index contributed by atoms with van der Waals surface area (Å²) in [6, 6.07) is 29.3. The molecule has 3 atom stereocenters. The van der Waals surface area contributed by atoms with E-state index in [9.17, 15) is 24.0 Å². The van der Waals surface area contributed by atoms with E-state index in [1.54, 1.807) is 97.1 Å². The minimum absolute atomic E-state index is 0.0734. The molecular weight excluding hydrogens is 646 g/mol. The number of amides is 4. The van der Waals surface area contributed by atoms with Gasteiger partial charge in [0.05, 0.1) is 12.1 Å². The van der Waals surface area contributed by atoms with Crippen molar-refractivity contribution in [1.29, 1.82) is 0 Å². The van der Waals surface area contributed by atoms with Crippen LogP contribution in [-0.2, 0) is 25.6 Å². The molecule has 264 valence electrons. The fourth-order valence-electron chi connectivity index (χ4n) is 5.88. The van der Waals surface area contributed by atoms with E-state index >= 15 is 0 Å². The number of para-hydroxylation sites is 2. The second-order valence-corrected chi connectivity index (χ2v) is 12.4. The number of nitrogens with zero attached hydrogens (tertiary/aromatic N) is 1. The number of ether oxygens (including phenoxy) is 1. The average Bonchev–Trinajstić information content (AvgIpc) is 3.26. The summed E-state index contributed by atoms with van der Waals surface area (Å²) < 4.78 is 6.43. The van der Waals surface area contributed by atoms with Gasteiger partial charge in [0.15, 0.2) is 11.9 Å². The molecule has 0 saturated carbocycles. The van der Waals surface area contributed by atoms with Crippen LogP contribution >= 0.6 is 0 Å². The average molecular weight is 690 g/mol. The zero-order valence-corrected chi connectivity index (χ0v) is 28.5. The summed E-state index contributed by atoms with van der Waals surface area (Å²) in [5, 5.41) is 8.39. The van der Waals surface area contributed by atoms with Crippen molar-refractivity contribution >= 4 is 35.1 Å². The number of rotatable bonds is 15. The molecule has 0 radical (unpaired) electrons. The van der Waals surface area contributed by atoms with Crippen molar-refractivity contribution in [2.75, 3.05) is 24.5 Å². The second-order valence-electron chi connectivity index (χ2n) is 12.4. The number of ketones is 1. The lowest BCUT2D eigenvalue weighted by Gasteiger charge is -2.29. The minimum Gasteiger partial charge on any atom is -0.481 e. The number of benzene rings is 4. The van der Waals surface area contributed by atoms with Crippen LogP contribution in [0.1, 0.15) is 59.3 Å². The monoisotopic (exact) mass is 689 g/mol. The van der Waals surface area contributed by atoms with Crippen molar-refractivity contribution < 1.29 is 28.7 Å². The van der Waals surface area contributed by atoms with Gasteiger partial charge in [0, 0.05) is 17.7 Å². The topological polar surface area (TPSA) is 160 Å². The molecule has 0 spiro atoms. The van der Waals surface area contributed by atoms with E-state index < -0.39 is 35.9 Å². The summed E-state index contributed by atoms with van der Waals surface area (Å²) in [5.41, 5.74) is 8.19. The predicted molar refractivity (Wildman–Crippen MR) is 194 cm³/mol. The van der Waals surface area contributed by atoms with Crippen LogP contribution in [0.15, 0.2) is 109 Å². The quantitative estimate of drug-likeness (QED) is 0.109. The van der Waals surface area contributed by atoms with Crippen LogP contribution < -0.4 is 31.3 Å². The molecule has 4 aromatic rings. The lowest BCUT2D eigenvalue weighted by Crippen LogP contribution is -2.56. The fraction of sp³-hybridized carbons (Fsp3) is 0.275. The molecule has 11 nitrogen and oxygen atoms in total. The van der Waals surface area contributed by atoms with E-state index in [4.69, 9.17) is 10.5 Å². The van der Waals surface area contributed by atoms with Crippen molar-refractivity contribution in [1.82, 2.24) is 16.0 Å². The molecular formula is C40H43N5O6. The first kappa shape index (κ1) is 36.5. The summed E-state index contributed by atoms with van der Waals surface area (Å²) in [5.74, 6) is -1.74. The number of anilines is 1. The van der Waals surface area contributed by atoms with Gasteiger partial charge >= 0.3 is 0 Å². The van der Waals surface area contributed by atoms with E-state index in [0.29, 0.717) is 46.8 Å². The van der Waals surface area contributed by atoms with Gasteiger partial charge in [0.25, 0.3) is 5.91 Å². The van der Waals surface area contributed by atoms with Crippen LogP contribution in [0.25, 0.3) is 0 Å².